The van der Waals surface area contributed by atoms with Crippen LogP contribution in [0.5, 0.6) is 0 Å². The molecule has 5 heteroatoms. The lowest BCUT2D eigenvalue weighted by atomic mass is 9.96. The molecule has 27 heavy (non-hydrogen) atoms. The van der Waals surface area contributed by atoms with Gasteiger partial charge in [-0.15, -0.1) is 0 Å². The normalized spacial score (nSPS) is 17.3. The summed E-state index contributed by atoms with van der Waals surface area (Å²) in [6, 6.07) is 6.56. The van der Waals surface area contributed by atoms with Gasteiger partial charge >= 0.3 is 0 Å². The number of imidazole rings is 1. The first kappa shape index (κ1) is 19.6. The molecule has 0 spiro atoms. The number of piperidine rings is 1. The van der Waals surface area contributed by atoms with Crippen molar-refractivity contribution < 1.29 is 9.18 Å². The fourth-order valence-corrected chi connectivity index (χ4v) is 3.87. The van der Waals surface area contributed by atoms with Crippen LogP contribution in [0.15, 0.2) is 36.7 Å². The summed E-state index contributed by atoms with van der Waals surface area (Å²) < 4.78 is 15.2. The van der Waals surface area contributed by atoms with Gasteiger partial charge in [-0.05, 0) is 49.8 Å². The van der Waals surface area contributed by atoms with Crippen LogP contribution in [0.25, 0.3) is 0 Å². The summed E-state index contributed by atoms with van der Waals surface area (Å²) >= 11 is 0. The molecule has 4 nitrogen and oxygen atoms in total. The molecule has 0 N–H and O–H groups in total. The number of amides is 1. The van der Waals surface area contributed by atoms with Gasteiger partial charge in [-0.1, -0.05) is 25.5 Å². The number of rotatable bonds is 8. The van der Waals surface area contributed by atoms with Crippen molar-refractivity contribution in [2.24, 2.45) is 0 Å². The van der Waals surface area contributed by atoms with Crippen molar-refractivity contribution in [3.05, 3.63) is 53.9 Å². The van der Waals surface area contributed by atoms with E-state index in [1.54, 1.807) is 12.1 Å². The fourth-order valence-electron chi connectivity index (χ4n) is 3.87. The van der Waals surface area contributed by atoms with Crippen molar-refractivity contribution in [1.82, 2.24) is 14.5 Å². The van der Waals surface area contributed by atoms with Gasteiger partial charge in [0.15, 0.2) is 0 Å². The van der Waals surface area contributed by atoms with Crippen LogP contribution in [0, 0.1) is 5.82 Å². The molecule has 1 aromatic heterocycles. The molecule has 1 amide bonds. The van der Waals surface area contributed by atoms with E-state index in [2.05, 4.69) is 22.7 Å². The zero-order valence-corrected chi connectivity index (χ0v) is 16.2. The van der Waals surface area contributed by atoms with Gasteiger partial charge in [0.1, 0.15) is 11.6 Å². The van der Waals surface area contributed by atoms with E-state index >= 15 is 0 Å². The number of benzene rings is 1. The molecule has 1 aromatic carbocycles. The number of hydrogen-bond donors (Lipinski definition) is 0. The van der Waals surface area contributed by atoms with Crippen molar-refractivity contribution in [3.63, 3.8) is 0 Å². The zero-order valence-electron chi connectivity index (χ0n) is 16.2. The van der Waals surface area contributed by atoms with E-state index in [4.69, 9.17) is 0 Å². The number of carbonyl (C=O) groups excluding carboxylic acids is 1. The molecular weight excluding hydrogens is 341 g/mol. The number of hydrogen-bond acceptors (Lipinski definition) is 2. The first-order valence-electron chi connectivity index (χ1n) is 10.2. The van der Waals surface area contributed by atoms with Crippen LogP contribution >= 0.6 is 0 Å². The van der Waals surface area contributed by atoms with Crippen LogP contribution in [-0.2, 0) is 17.8 Å². The molecule has 0 saturated carbocycles. The summed E-state index contributed by atoms with van der Waals surface area (Å²) in [6.45, 7) is 4.83. The second-order valence-electron chi connectivity index (χ2n) is 7.49. The Labute approximate surface area is 161 Å². The van der Waals surface area contributed by atoms with Gasteiger partial charge in [0.2, 0.25) is 5.91 Å². The first-order chi connectivity index (χ1) is 13.2. The predicted octanol–water partition coefficient (Wildman–Crippen LogP) is 4.55. The largest absolute Gasteiger partial charge is 0.342 e. The third kappa shape index (κ3) is 5.41. The Morgan fingerprint density at radius 2 is 2.07 bits per heavy atom. The zero-order chi connectivity index (χ0) is 19.1. The minimum absolute atomic E-state index is 0.216. The minimum atomic E-state index is -0.216. The Hall–Kier alpha value is -2.17. The molecule has 3 rings (SSSR count). The lowest BCUT2D eigenvalue weighted by molar-refractivity contribution is -0.132. The number of likely N-dealkylation sites (tertiary alicyclic amines) is 1. The average Bonchev–Trinajstić information content (AvgIpc) is 3.16. The predicted molar refractivity (Wildman–Crippen MR) is 105 cm³/mol. The Balaban J connectivity index is 1.50. The Kier molecular flexibility index (Phi) is 7.02. The summed E-state index contributed by atoms with van der Waals surface area (Å²) in [5.74, 6) is 1.49. The van der Waals surface area contributed by atoms with Crippen LogP contribution < -0.4 is 0 Å². The van der Waals surface area contributed by atoms with E-state index in [0.717, 1.165) is 63.1 Å². The van der Waals surface area contributed by atoms with Crippen molar-refractivity contribution in [2.45, 2.75) is 64.3 Å². The van der Waals surface area contributed by atoms with Crippen LogP contribution in [0.2, 0.25) is 0 Å². The number of aromatic nitrogens is 2. The third-order valence-corrected chi connectivity index (χ3v) is 5.41. The molecular formula is C22H30FN3O. The monoisotopic (exact) mass is 371 g/mol. The minimum Gasteiger partial charge on any atom is -0.342 e. The first-order valence-corrected chi connectivity index (χ1v) is 10.2. The van der Waals surface area contributed by atoms with Crippen LogP contribution in [0.1, 0.15) is 62.8 Å². The van der Waals surface area contributed by atoms with Crippen LogP contribution in [0.4, 0.5) is 4.39 Å². The molecule has 1 saturated heterocycles. The number of carbonyl (C=O) groups is 1. The smallest absolute Gasteiger partial charge is 0.222 e. The Morgan fingerprint density at radius 1 is 1.26 bits per heavy atom. The summed E-state index contributed by atoms with van der Waals surface area (Å²) in [5.41, 5.74) is 1.08. The van der Waals surface area contributed by atoms with E-state index in [0.29, 0.717) is 12.3 Å². The van der Waals surface area contributed by atoms with Crippen molar-refractivity contribution in [3.8, 4) is 0 Å². The topological polar surface area (TPSA) is 38.1 Å². The van der Waals surface area contributed by atoms with Gasteiger partial charge < -0.3 is 9.47 Å². The molecule has 1 atom stereocenters. The molecule has 1 fully saturated rings. The molecule has 2 aromatic rings. The fraction of sp³-hybridized carbons (Fsp3) is 0.545. The average molecular weight is 372 g/mol. The van der Waals surface area contributed by atoms with Gasteiger partial charge in [0.25, 0.3) is 0 Å². The van der Waals surface area contributed by atoms with Crippen molar-refractivity contribution in [2.75, 3.05) is 13.1 Å². The molecule has 1 aliphatic heterocycles. The maximum absolute atomic E-state index is 13.0. The summed E-state index contributed by atoms with van der Waals surface area (Å²) in [7, 11) is 0. The maximum Gasteiger partial charge on any atom is 0.222 e. The summed E-state index contributed by atoms with van der Waals surface area (Å²) in [6.07, 6.45) is 10.6. The van der Waals surface area contributed by atoms with Gasteiger partial charge in [-0.25, -0.2) is 9.37 Å². The second-order valence-corrected chi connectivity index (χ2v) is 7.49. The van der Waals surface area contributed by atoms with E-state index in [-0.39, 0.29) is 11.7 Å². The quantitative estimate of drug-likeness (QED) is 0.683. The highest BCUT2D eigenvalue weighted by Gasteiger charge is 2.27. The number of nitrogens with zero attached hydrogens (tertiary/aromatic N) is 3. The standard InChI is InChI=1S/C22H30FN3O/c1-2-3-14-25-16-13-24-22(25)19-7-5-15-26(17-19)21(27)8-4-6-18-9-11-20(23)12-10-18/h9-13,16,19H,2-8,14-15,17H2,1H3/t19-/m1/s1. The maximum atomic E-state index is 13.0. The SMILES string of the molecule is CCCCn1ccnc1[C@@H]1CCCN(C(=O)CCCc2ccc(F)cc2)C1. The van der Waals surface area contributed by atoms with E-state index < -0.39 is 0 Å². The van der Waals surface area contributed by atoms with E-state index in [1.807, 2.05) is 11.1 Å². The lowest BCUT2D eigenvalue weighted by Crippen LogP contribution is -2.39. The summed E-state index contributed by atoms with van der Waals surface area (Å²) in [5, 5.41) is 0. The number of aryl methyl sites for hydroxylation is 2. The molecule has 0 unspecified atom stereocenters. The van der Waals surface area contributed by atoms with E-state index in [9.17, 15) is 9.18 Å². The van der Waals surface area contributed by atoms with E-state index in [1.165, 1.54) is 18.6 Å². The van der Waals surface area contributed by atoms with Gasteiger partial charge in [0, 0.05) is 44.4 Å². The van der Waals surface area contributed by atoms with Gasteiger partial charge in [0.05, 0.1) is 0 Å². The molecule has 1 aliphatic rings. The number of halogens is 1. The molecule has 0 bridgehead atoms. The molecule has 0 radical (unpaired) electrons. The Morgan fingerprint density at radius 3 is 2.85 bits per heavy atom. The second kappa shape index (κ2) is 9.67. The van der Waals surface area contributed by atoms with Crippen LogP contribution in [-0.4, -0.2) is 33.4 Å². The van der Waals surface area contributed by atoms with Crippen LogP contribution in [0.3, 0.4) is 0 Å². The third-order valence-electron chi connectivity index (χ3n) is 5.41. The highest BCUT2D eigenvalue weighted by atomic mass is 19.1. The number of unbranched alkanes of at least 4 members (excludes halogenated alkanes) is 1. The van der Waals surface area contributed by atoms with Crippen molar-refractivity contribution in [1.29, 1.82) is 0 Å². The molecule has 146 valence electrons. The van der Waals surface area contributed by atoms with Crippen molar-refractivity contribution >= 4 is 5.91 Å². The lowest BCUT2D eigenvalue weighted by Gasteiger charge is -2.33. The van der Waals surface area contributed by atoms with Gasteiger partial charge in [-0.2, -0.15) is 0 Å². The highest BCUT2D eigenvalue weighted by Crippen LogP contribution is 2.26. The Bertz CT molecular complexity index is 725. The molecule has 0 aliphatic carbocycles. The van der Waals surface area contributed by atoms with Gasteiger partial charge in [-0.3, -0.25) is 4.79 Å². The summed E-state index contributed by atoms with van der Waals surface area (Å²) in [4.78, 5) is 19.3. The molecule has 2 heterocycles. The highest BCUT2D eigenvalue weighted by molar-refractivity contribution is 5.76.